The maximum absolute atomic E-state index is 12.1. The second kappa shape index (κ2) is 7.43. The zero-order valence-corrected chi connectivity index (χ0v) is 14.7. The molecule has 1 aromatic carbocycles. The lowest BCUT2D eigenvalue weighted by molar-refractivity contribution is 0.0527. The summed E-state index contributed by atoms with van der Waals surface area (Å²) in [5.74, 6) is -0.275. The number of benzene rings is 1. The first-order chi connectivity index (χ1) is 10.9. The number of carbonyl (C=O) groups is 1. The quantitative estimate of drug-likeness (QED) is 0.439. The Balaban J connectivity index is 2.20. The molecule has 0 saturated carbocycles. The Hall–Kier alpha value is -2.12. The van der Waals surface area contributed by atoms with E-state index in [1.807, 2.05) is 13.8 Å². The summed E-state index contributed by atoms with van der Waals surface area (Å²) in [7, 11) is 0. The number of aromatic hydroxyl groups is 1. The van der Waals surface area contributed by atoms with E-state index >= 15 is 0 Å². The van der Waals surface area contributed by atoms with E-state index in [0.717, 1.165) is 10.4 Å². The van der Waals surface area contributed by atoms with Gasteiger partial charge in [-0.3, -0.25) is 0 Å². The molecule has 0 aliphatic carbocycles. The van der Waals surface area contributed by atoms with Crippen LogP contribution in [-0.4, -0.2) is 22.8 Å². The average molecular weight is 350 g/mol. The summed E-state index contributed by atoms with van der Waals surface area (Å²) < 4.78 is 5.11. The van der Waals surface area contributed by atoms with E-state index in [-0.39, 0.29) is 11.7 Å². The molecule has 2 rings (SSSR count). The Kier molecular flexibility index (Phi) is 5.57. The molecule has 7 heteroatoms. The van der Waals surface area contributed by atoms with Gasteiger partial charge in [-0.25, -0.2) is 4.79 Å². The second-order valence-electron chi connectivity index (χ2n) is 4.80. The van der Waals surface area contributed by atoms with Gasteiger partial charge in [0.2, 0.25) is 0 Å². The molecule has 0 atom stereocenters. The normalized spacial score (nSPS) is 10.2. The van der Waals surface area contributed by atoms with Gasteiger partial charge in [-0.2, -0.15) is 0 Å². The van der Waals surface area contributed by atoms with E-state index in [9.17, 15) is 9.90 Å². The average Bonchev–Trinajstić information content (AvgIpc) is 2.76. The second-order valence-corrected chi connectivity index (χ2v) is 6.44. The van der Waals surface area contributed by atoms with Crippen molar-refractivity contribution in [2.75, 3.05) is 17.2 Å². The van der Waals surface area contributed by atoms with Crippen LogP contribution in [0, 0.1) is 13.8 Å². The maximum Gasteiger partial charge on any atom is 0.341 e. The Morgan fingerprint density at radius 1 is 1.30 bits per heavy atom. The third-order valence-corrected chi connectivity index (χ3v) is 4.57. The van der Waals surface area contributed by atoms with Crippen LogP contribution in [0.3, 0.4) is 0 Å². The van der Waals surface area contributed by atoms with Gasteiger partial charge in [0, 0.05) is 4.88 Å². The third kappa shape index (κ3) is 4.00. The molecule has 0 radical (unpaired) electrons. The fraction of sp³-hybridized carbons (Fsp3) is 0.250. The van der Waals surface area contributed by atoms with Crippen LogP contribution >= 0.6 is 23.6 Å². The smallest absolute Gasteiger partial charge is 0.341 e. The lowest BCUT2D eigenvalue weighted by atomic mass is 10.1. The van der Waals surface area contributed by atoms with E-state index in [0.29, 0.717) is 28.0 Å². The van der Waals surface area contributed by atoms with E-state index in [1.54, 1.807) is 31.2 Å². The van der Waals surface area contributed by atoms with Crippen molar-refractivity contribution in [2.45, 2.75) is 20.8 Å². The number of ether oxygens (including phenoxy) is 1. The maximum atomic E-state index is 12.1. The minimum absolute atomic E-state index is 0.0980. The number of carbonyl (C=O) groups excluding carboxylic acids is 1. The highest BCUT2D eigenvalue weighted by Gasteiger charge is 2.21. The summed E-state index contributed by atoms with van der Waals surface area (Å²) in [6.07, 6.45) is 0. The first-order valence-electron chi connectivity index (χ1n) is 7.07. The van der Waals surface area contributed by atoms with Crippen molar-refractivity contribution >= 4 is 45.3 Å². The predicted molar refractivity (Wildman–Crippen MR) is 97.7 cm³/mol. The Labute approximate surface area is 144 Å². The van der Waals surface area contributed by atoms with Crippen LogP contribution < -0.4 is 10.6 Å². The number of esters is 1. The predicted octanol–water partition coefficient (Wildman–Crippen LogP) is 4.06. The number of thiophene rings is 1. The third-order valence-electron chi connectivity index (χ3n) is 3.24. The van der Waals surface area contributed by atoms with E-state index in [4.69, 9.17) is 17.0 Å². The number of anilines is 2. The number of aryl methyl sites for hydroxylation is 1. The molecule has 0 saturated heterocycles. The van der Waals surface area contributed by atoms with Gasteiger partial charge < -0.3 is 20.5 Å². The van der Waals surface area contributed by atoms with Crippen LogP contribution in [0.4, 0.5) is 10.7 Å². The fourth-order valence-electron chi connectivity index (χ4n) is 2.00. The Morgan fingerprint density at radius 2 is 2.00 bits per heavy atom. The number of phenols is 1. The topological polar surface area (TPSA) is 70.6 Å². The summed E-state index contributed by atoms with van der Waals surface area (Å²) in [4.78, 5) is 13.1. The van der Waals surface area contributed by atoms with Gasteiger partial charge in [0.05, 0.1) is 17.9 Å². The number of phenolic OH excluding ortho intramolecular Hbond substituents is 1. The highest BCUT2D eigenvalue weighted by Crippen LogP contribution is 2.33. The van der Waals surface area contributed by atoms with Crippen LogP contribution in [0.15, 0.2) is 24.3 Å². The van der Waals surface area contributed by atoms with Crippen molar-refractivity contribution in [3.8, 4) is 5.75 Å². The summed E-state index contributed by atoms with van der Waals surface area (Å²) in [5, 5.41) is 16.6. The van der Waals surface area contributed by atoms with Gasteiger partial charge in [-0.1, -0.05) is 12.1 Å². The van der Waals surface area contributed by atoms with Gasteiger partial charge in [0.15, 0.2) is 5.11 Å². The molecule has 0 spiro atoms. The van der Waals surface area contributed by atoms with E-state index in [2.05, 4.69) is 10.6 Å². The molecule has 0 bridgehead atoms. The van der Waals surface area contributed by atoms with Crippen molar-refractivity contribution in [3.63, 3.8) is 0 Å². The number of nitrogens with one attached hydrogen (secondary N) is 2. The fourth-order valence-corrected chi connectivity index (χ4v) is 3.33. The molecule has 23 heavy (non-hydrogen) atoms. The summed E-state index contributed by atoms with van der Waals surface area (Å²) in [6.45, 7) is 5.90. The SMILES string of the molecule is CCOC(=O)c1c(NC(=S)Nc2ccccc2O)sc(C)c1C. The molecule has 0 unspecified atom stereocenters. The zero-order chi connectivity index (χ0) is 17.0. The molecule has 0 amide bonds. The molecular formula is C16H18N2O3S2. The van der Waals surface area contributed by atoms with Gasteiger partial charge >= 0.3 is 5.97 Å². The molecule has 0 fully saturated rings. The highest BCUT2D eigenvalue weighted by atomic mass is 32.1. The van der Waals surface area contributed by atoms with E-state index in [1.165, 1.54) is 11.3 Å². The molecular weight excluding hydrogens is 332 g/mol. The van der Waals surface area contributed by atoms with Crippen molar-refractivity contribution in [1.82, 2.24) is 0 Å². The Morgan fingerprint density at radius 3 is 2.65 bits per heavy atom. The molecule has 122 valence electrons. The standard InChI is InChI=1S/C16H18N2O3S2/c1-4-21-15(20)13-9(2)10(3)23-14(13)18-16(22)17-11-7-5-6-8-12(11)19/h5-8,19H,4H2,1-3H3,(H2,17,18,22). The highest BCUT2D eigenvalue weighted by molar-refractivity contribution is 7.80. The first-order valence-corrected chi connectivity index (χ1v) is 8.29. The molecule has 1 heterocycles. The monoisotopic (exact) mass is 350 g/mol. The van der Waals surface area contributed by atoms with Gasteiger partial charge in [0.25, 0.3) is 0 Å². The Bertz CT molecular complexity index is 741. The van der Waals surface area contributed by atoms with Crippen LogP contribution in [0.1, 0.15) is 27.7 Å². The zero-order valence-electron chi connectivity index (χ0n) is 13.1. The largest absolute Gasteiger partial charge is 0.506 e. The van der Waals surface area contributed by atoms with Crippen LogP contribution in [0.2, 0.25) is 0 Å². The van der Waals surface area contributed by atoms with Crippen molar-refractivity contribution in [1.29, 1.82) is 0 Å². The number of hydrogen-bond acceptors (Lipinski definition) is 5. The molecule has 2 aromatic rings. The van der Waals surface area contributed by atoms with Gasteiger partial charge in [0.1, 0.15) is 10.8 Å². The molecule has 3 N–H and O–H groups in total. The van der Waals surface area contributed by atoms with Gasteiger partial charge in [-0.05, 0) is 50.7 Å². The minimum atomic E-state index is -0.373. The van der Waals surface area contributed by atoms with Crippen LogP contribution in [0.5, 0.6) is 5.75 Å². The molecule has 5 nitrogen and oxygen atoms in total. The van der Waals surface area contributed by atoms with E-state index < -0.39 is 0 Å². The summed E-state index contributed by atoms with van der Waals surface area (Å²) in [6, 6.07) is 6.78. The lowest BCUT2D eigenvalue weighted by Crippen LogP contribution is -2.20. The number of para-hydroxylation sites is 2. The molecule has 0 aliphatic heterocycles. The van der Waals surface area contributed by atoms with Crippen LogP contribution in [0.25, 0.3) is 0 Å². The van der Waals surface area contributed by atoms with Crippen LogP contribution in [-0.2, 0) is 4.74 Å². The lowest BCUT2D eigenvalue weighted by Gasteiger charge is -2.12. The van der Waals surface area contributed by atoms with Crippen molar-refractivity contribution in [3.05, 3.63) is 40.3 Å². The van der Waals surface area contributed by atoms with Crippen molar-refractivity contribution < 1.29 is 14.6 Å². The first kappa shape index (κ1) is 17.2. The summed E-state index contributed by atoms with van der Waals surface area (Å²) in [5.41, 5.74) is 1.87. The van der Waals surface area contributed by atoms with Crippen molar-refractivity contribution in [2.24, 2.45) is 0 Å². The number of thiocarbonyl (C=S) groups is 1. The molecule has 0 aliphatic rings. The molecule has 1 aromatic heterocycles. The van der Waals surface area contributed by atoms with Gasteiger partial charge in [-0.15, -0.1) is 11.3 Å². The number of rotatable bonds is 4. The minimum Gasteiger partial charge on any atom is -0.506 e. The summed E-state index contributed by atoms with van der Waals surface area (Å²) >= 11 is 6.70. The number of hydrogen-bond donors (Lipinski definition) is 3.